The molecule has 0 N–H and O–H groups in total. The number of carbonyl (C=O) groups excluding carboxylic acids is 2. The molecule has 0 aliphatic heterocycles. The lowest BCUT2D eigenvalue weighted by Gasteiger charge is -2.25. The van der Waals surface area contributed by atoms with Gasteiger partial charge in [-0.1, -0.05) is 60.3 Å². The summed E-state index contributed by atoms with van der Waals surface area (Å²) in [6.45, 7) is 6.65. The van der Waals surface area contributed by atoms with E-state index < -0.39 is 12.1 Å². The summed E-state index contributed by atoms with van der Waals surface area (Å²) in [5.74, 6) is 0.450. The van der Waals surface area contributed by atoms with Crippen LogP contribution >= 0.6 is 15.9 Å². The Bertz CT molecular complexity index is 1580. The zero-order valence-electron chi connectivity index (χ0n) is 27.4. The van der Waals surface area contributed by atoms with Gasteiger partial charge in [-0.25, -0.2) is 9.59 Å². The second kappa shape index (κ2) is 18.3. The minimum atomic E-state index is -0.762. The lowest BCUT2D eigenvalue weighted by Crippen LogP contribution is -2.37. The zero-order chi connectivity index (χ0) is 33.6. The van der Waals surface area contributed by atoms with Crippen molar-refractivity contribution in [3.8, 4) is 22.6 Å². The highest BCUT2D eigenvalue weighted by molar-refractivity contribution is 9.10. The average molecular weight is 702 g/mol. The summed E-state index contributed by atoms with van der Waals surface area (Å²) in [5.41, 5.74) is 1.16. The van der Waals surface area contributed by atoms with Crippen molar-refractivity contribution in [3.05, 3.63) is 79.5 Å². The number of hydrogen-bond acceptors (Lipinski definition) is 8. The van der Waals surface area contributed by atoms with Gasteiger partial charge in [-0.05, 0) is 68.5 Å². The largest absolute Gasteiger partial charge is 0.494 e. The van der Waals surface area contributed by atoms with Gasteiger partial charge in [-0.15, -0.1) is 0 Å². The normalized spacial score (nSPS) is 12.3. The Morgan fingerprint density at radius 1 is 0.935 bits per heavy atom. The smallest absolute Gasteiger partial charge is 0.347 e. The van der Waals surface area contributed by atoms with Gasteiger partial charge in [0.2, 0.25) is 0 Å². The first kappa shape index (κ1) is 36.6. The van der Waals surface area contributed by atoms with Crippen molar-refractivity contribution in [2.45, 2.75) is 71.8 Å². The zero-order valence-corrected chi connectivity index (χ0v) is 29.0. The molecule has 0 aliphatic rings. The van der Waals surface area contributed by atoms with Crippen LogP contribution in [0.3, 0.4) is 0 Å². The van der Waals surface area contributed by atoms with Crippen molar-refractivity contribution in [1.82, 2.24) is 9.13 Å². The molecule has 3 aromatic rings. The maximum Gasteiger partial charge on any atom is 0.347 e. The van der Waals surface area contributed by atoms with Crippen molar-refractivity contribution in [2.75, 3.05) is 19.8 Å². The Hall–Kier alpha value is -3.86. The number of aromatic nitrogens is 2. The Labute approximate surface area is 278 Å². The standard InChI is InChI=1S/C35H45BrN2O8/c1-6-43-31(39)18-17-25-15-11-12-16-30(25)46-32(34(41)44-7-2)24(3)14-10-8-9-13-19-45-28-21-26(20-27(36)22-28)29-23-37(4)35(42)38(5)33(29)40/h11-12,15-16,20-24,32H,6-10,13-14,17-19H2,1-5H3. The van der Waals surface area contributed by atoms with Crippen LogP contribution in [0.1, 0.15) is 64.9 Å². The van der Waals surface area contributed by atoms with Crippen LogP contribution in [0.4, 0.5) is 0 Å². The summed E-state index contributed by atoms with van der Waals surface area (Å²) in [4.78, 5) is 49.6. The molecule has 10 nitrogen and oxygen atoms in total. The van der Waals surface area contributed by atoms with Crippen LogP contribution in [-0.4, -0.2) is 47.0 Å². The third kappa shape index (κ3) is 10.6. The van der Waals surface area contributed by atoms with Gasteiger partial charge in [0.1, 0.15) is 11.5 Å². The molecule has 1 aromatic heterocycles. The number of halogens is 1. The molecule has 1 heterocycles. The van der Waals surface area contributed by atoms with Gasteiger partial charge in [-0.3, -0.25) is 14.2 Å². The maximum absolute atomic E-state index is 12.9. The summed E-state index contributed by atoms with van der Waals surface area (Å²) in [7, 11) is 3.07. The molecule has 0 amide bonds. The molecule has 0 aliphatic carbocycles. The second-order valence-corrected chi connectivity index (χ2v) is 12.1. The summed E-state index contributed by atoms with van der Waals surface area (Å²) >= 11 is 3.50. The average Bonchev–Trinajstić information content (AvgIpc) is 3.03. The van der Waals surface area contributed by atoms with Crippen molar-refractivity contribution in [3.63, 3.8) is 0 Å². The minimum Gasteiger partial charge on any atom is -0.494 e. The predicted octanol–water partition coefficient (Wildman–Crippen LogP) is 5.99. The number of ether oxygens (including phenoxy) is 4. The fourth-order valence-corrected chi connectivity index (χ4v) is 5.60. The molecule has 0 spiro atoms. The monoisotopic (exact) mass is 700 g/mol. The van der Waals surface area contributed by atoms with E-state index in [9.17, 15) is 19.2 Å². The summed E-state index contributed by atoms with van der Waals surface area (Å²) in [6.07, 6.45) is 5.88. The van der Waals surface area contributed by atoms with Crippen LogP contribution in [0.5, 0.6) is 11.5 Å². The van der Waals surface area contributed by atoms with E-state index in [0.717, 1.165) is 46.7 Å². The van der Waals surface area contributed by atoms with Crippen molar-refractivity contribution < 1.29 is 28.5 Å². The molecular formula is C35H45BrN2O8. The highest BCUT2D eigenvalue weighted by Crippen LogP contribution is 2.28. The minimum absolute atomic E-state index is 0.0845. The predicted molar refractivity (Wildman–Crippen MR) is 180 cm³/mol. The number of carbonyl (C=O) groups is 2. The summed E-state index contributed by atoms with van der Waals surface area (Å²) in [5, 5.41) is 0. The van der Waals surface area contributed by atoms with Gasteiger partial charge >= 0.3 is 17.6 Å². The van der Waals surface area contributed by atoms with E-state index in [1.54, 1.807) is 33.2 Å². The van der Waals surface area contributed by atoms with Crippen LogP contribution in [0.25, 0.3) is 11.1 Å². The number of unbranched alkanes of at least 4 members (excludes halogenated alkanes) is 3. The van der Waals surface area contributed by atoms with Crippen molar-refractivity contribution >= 4 is 27.9 Å². The Balaban J connectivity index is 1.51. The van der Waals surface area contributed by atoms with E-state index in [-0.39, 0.29) is 36.2 Å². The summed E-state index contributed by atoms with van der Waals surface area (Å²) in [6, 6.07) is 12.9. The number of hydrogen-bond donors (Lipinski definition) is 0. The molecule has 0 saturated carbocycles. The fraction of sp³-hybridized carbons (Fsp3) is 0.486. The molecule has 3 rings (SSSR count). The number of para-hydroxylation sites is 1. The third-order valence-electron chi connectivity index (χ3n) is 7.62. The molecule has 0 saturated heterocycles. The number of rotatable bonds is 18. The van der Waals surface area contributed by atoms with Crippen molar-refractivity contribution in [1.29, 1.82) is 0 Å². The molecule has 0 bridgehead atoms. The first-order chi connectivity index (χ1) is 22.0. The molecular weight excluding hydrogens is 656 g/mol. The Morgan fingerprint density at radius 3 is 2.39 bits per heavy atom. The van der Waals surface area contributed by atoms with E-state index in [4.69, 9.17) is 18.9 Å². The van der Waals surface area contributed by atoms with E-state index in [2.05, 4.69) is 15.9 Å². The van der Waals surface area contributed by atoms with Crippen LogP contribution in [0.2, 0.25) is 0 Å². The van der Waals surface area contributed by atoms with Gasteiger partial charge in [0.15, 0.2) is 6.10 Å². The van der Waals surface area contributed by atoms with Gasteiger partial charge in [0, 0.05) is 37.1 Å². The van der Waals surface area contributed by atoms with Gasteiger partial charge < -0.3 is 23.5 Å². The maximum atomic E-state index is 12.9. The second-order valence-electron chi connectivity index (χ2n) is 11.2. The van der Waals surface area contributed by atoms with E-state index in [1.165, 1.54) is 11.6 Å². The van der Waals surface area contributed by atoms with Crippen LogP contribution in [0, 0.1) is 5.92 Å². The quantitative estimate of drug-likeness (QED) is 0.118. The van der Waals surface area contributed by atoms with Gasteiger partial charge in [-0.2, -0.15) is 0 Å². The molecule has 2 atom stereocenters. The fourth-order valence-electron chi connectivity index (χ4n) is 5.12. The molecule has 0 fully saturated rings. The van der Waals surface area contributed by atoms with E-state index in [0.29, 0.717) is 42.3 Å². The van der Waals surface area contributed by atoms with E-state index >= 15 is 0 Å². The van der Waals surface area contributed by atoms with Gasteiger partial charge in [0.25, 0.3) is 5.56 Å². The van der Waals surface area contributed by atoms with Gasteiger partial charge in [0.05, 0.1) is 25.4 Å². The van der Waals surface area contributed by atoms with Crippen LogP contribution in [0.15, 0.2) is 62.7 Å². The van der Waals surface area contributed by atoms with Crippen molar-refractivity contribution in [2.24, 2.45) is 20.0 Å². The molecule has 250 valence electrons. The molecule has 2 unspecified atom stereocenters. The Morgan fingerprint density at radius 2 is 1.65 bits per heavy atom. The molecule has 2 aromatic carbocycles. The molecule has 11 heteroatoms. The number of aryl methyl sites for hydroxylation is 2. The van der Waals surface area contributed by atoms with Crippen LogP contribution < -0.4 is 20.7 Å². The first-order valence-corrected chi connectivity index (χ1v) is 16.6. The number of benzene rings is 2. The molecule has 0 radical (unpaired) electrons. The topological polar surface area (TPSA) is 115 Å². The number of esters is 2. The highest BCUT2D eigenvalue weighted by atomic mass is 79.9. The lowest BCUT2D eigenvalue weighted by atomic mass is 9.96. The third-order valence-corrected chi connectivity index (χ3v) is 8.08. The Kier molecular flexibility index (Phi) is 14.6. The van der Waals surface area contributed by atoms with Crippen LogP contribution in [-0.2, 0) is 39.6 Å². The highest BCUT2D eigenvalue weighted by Gasteiger charge is 2.29. The lowest BCUT2D eigenvalue weighted by molar-refractivity contribution is -0.154. The summed E-state index contributed by atoms with van der Waals surface area (Å²) < 4.78 is 25.9. The first-order valence-electron chi connectivity index (χ1n) is 15.8. The number of nitrogens with zero attached hydrogens (tertiary/aromatic N) is 2. The SMILES string of the molecule is CCOC(=O)CCc1ccccc1OC(C(=O)OCC)C(C)CCCCCCOc1cc(Br)cc(-c2cn(C)c(=O)n(C)c2=O)c1. The molecule has 46 heavy (non-hydrogen) atoms. The van der Waals surface area contributed by atoms with E-state index in [1.807, 2.05) is 43.3 Å².